The second-order valence-corrected chi connectivity index (χ2v) is 8.23. The lowest BCUT2D eigenvalue weighted by atomic mass is 10.0. The number of ether oxygens (including phenoxy) is 1. The van der Waals surface area contributed by atoms with E-state index >= 15 is 0 Å². The van der Waals surface area contributed by atoms with Crippen LogP contribution in [0.4, 0.5) is 0 Å². The van der Waals surface area contributed by atoms with Crippen LogP contribution in [-0.4, -0.2) is 37.5 Å². The van der Waals surface area contributed by atoms with Gasteiger partial charge in [-0.15, -0.1) is 0 Å². The number of para-hydroxylation sites is 1. The Morgan fingerprint density at radius 1 is 1.27 bits per heavy atom. The van der Waals surface area contributed by atoms with Gasteiger partial charge in [0.2, 0.25) is 0 Å². The molecule has 22 heavy (non-hydrogen) atoms. The quantitative estimate of drug-likeness (QED) is 0.871. The summed E-state index contributed by atoms with van der Waals surface area (Å²) in [6.07, 6.45) is 1.08. The van der Waals surface area contributed by atoms with E-state index in [1.54, 1.807) is 0 Å². The van der Waals surface area contributed by atoms with E-state index < -0.39 is 15.8 Å². The number of sulfone groups is 1. The normalized spacial score (nSPS) is 18.4. The molecule has 1 aliphatic heterocycles. The summed E-state index contributed by atoms with van der Waals surface area (Å²) in [5, 5.41) is 1.13. The molecule has 2 heterocycles. The Morgan fingerprint density at radius 2 is 1.95 bits per heavy atom. The fourth-order valence-electron chi connectivity index (χ4n) is 2.62. The summed E-state index contributed by atoms with van der Waals surface area (Å²) in [5.74, 6) is -0.0738. The first-order valence-corrected chi connectivity index (χ1v) is 9.30. The van der Waals surface area contributed by atoms with Crippen molar-refractivity contribution in [1.29, 1.82) is 0 Å². The molecule has 1 aromatic carbocycles. The van der Waals surface area contributed by atoms with Crippen molar-refractivity contribution < 1.29 is 17.9 Å². The number of aromatic nitrogens is 1. The van der Waals surface area contributed by atoms with E-state index in [9.17, 15) is 13.2 Å². The average Bonchev–Trinajstić information content (AvgIpc) is 2.84. The van der Waals surface area contributed by atoms with E-state index in [2.05, 4.69) is 4.98 Å². The molecular formula is C15H16ClNO4S. The molecule has 0 amide bonds. The van der Waals surface area contributed by atoms with Crippen LogP contribution in [0.25, 0.3) is 10.9 Å². The molecule has 1 N–H and O–H groups in total. The first kappa shape index (κ1) is 15.4. The molecule has 118 valence electrons. The molecule has 7 heteroatoms. The van der Waals surface area contributed by atoms with Crippen molar-refractivity contribution in [3.8, 4) is 0 Å². The number of nitrogens with one attached hydrogen (secondary N) is 1. The Hall–Kier alpha value is -1.53. The lowest BCUT2D eigenvalue weighted by Gasteiger charge is -2.21. The van der Waals surface area contributed by atoms with Crippen LogP contribution < -0.4 is 0 Å². The largest absolute Gasteiger partial charge is 0.461 e. The second kappa shape index (κ2) is 5.93. The van der Waals surface area contributed by atoms with Crippen LogP contribution in [0.15, 0.2) is 24.3 Å². The predicted octanol–water partition coefficient (Wildman–Crippen LogP) is 2.80. The summed E-state index contributed by atoms with van der Waals surface area (Å²) in [4.78, 5) is 15.1. The molecule has 5 nitrogen and oxygen atoms in total. The molecule has 0 unspecified atom stereocenters. The summed E-state index contributed by atoms with van der Waals surface area (Å²) >= 11 is 6.20. The van der Waals surface area contributed by atoms with E-state index in [1.807, 2.05) is 24.3 Å². The third kappa shape index (κ3) is 3.13. The highest BCUT2D eigenvalue weighted by Crippen LogP contribution is 2.28. The van der Waals surface area contributed by atoms with Crippen molar-refractivity contribution in [2.45, 2.75) is 12.8 Å². The van der Waals surface area contributed by atoms with Crippen LogP contribution in [0.1, 0.15) is 23.3 Å². The van der Waals surface area contributed by atoms with Crippen molar-refractivity contribution in [2.75, 3.05) is 18.1 Å². The summed E-state index contributed by atoms with van der Waals surface area (Å²) in [5.41, 5.74) is 1.02. The lowest BCUT2D eigenvalue weighted by Crippen LogP contribution is -2.27. The number of rotatable bonds is 3. The van der Waals surface area contributed by atoms with Crippen LogP contribution >= 0.6 is 11.6 Å². The van der Waals surface area contributed by atoms with Crippen LogP contribution in [-0.2, 0) is 14.6 Å². The maximum Gasteiger partial charge on any atom is 0.356 e. The zero-order valence-electron chi connectivity index (χ0n) is 11.8. The highest BCUT2D eigenvalue weighted by Gasteiger charge is 2.25. The molecule has 0 bridgehead atoms. The van der Waals surface area contributed by atoms with Gasteiger partial charge >= 0.3 is 5.97 Å². The van der Waals surface area contributed by atoms with Gasteiger partial charge in [-0.1, -0.05) is 29.8 Å². The van der Waals surface area contributed by atoms with Crippen molar-refractivity contribution in [2.24, 2.45) is 5.92 Å². The number of carbonyl (C=O) groups excluding carboxylic acids is 1. The summed E-state index contributed by atoms with van der Waals surface area (Å²) in [6.45, 7) is 0.222. The number of carbonyl (C=O) groups is 1. The first-order valence-electron chi connectivity index (χ1n) is 7.10. The molecule has 0 saturated carbocycles. The zero-order chi connectivity index (χ0) is 15.7. The smallest absolute Gasteiger partial charge is 0.356 e. The lowest BCUT2D eigenvalue weighted by molar-refractivity contribution is 0.0426. The molecule has 0 radical (unpaired) electrons. The Bertz CT molecular complexity index is 798. The van der Waals surface area contributed by atoms with Crippen molar-refractivity contribution in [3.63, 3.8) is 0 Å². The highest BCUT2D eigenvalue weighted by molar-refractivity contribution is 7.91. The minimum absolute atomic E-state index is 0.0932. The Balaban J connectivity index is 1.65. The topological polar surface area (TPSA) is 76.2 Å². The number of halogens is 1. The standard InChI is InChI=1S/C15H16ClNO4S/c16-13-11-3-1-2-4-12(11)17-14(13)15(18)21-9-10-5-7-22(19,20)8-6-10/h1-4,10,17H,5-9H2. The van der Waals surface area contributed by atoms with Gasteiger partial charge < -0.3 is 9.72 Å². The number of fused-ring (bicyclic) bond motifs is 1. The van der Waals surface area contributed by atoms with Gasteiger partial charge in [-0.25, -0.2) is 13.2 Å². The number of H-pyrrole nitrogens is 1. The van der Waals surface area contributed by atoms with Gasteiger partial charge in [0, 0.05) is 10.9 Å². The fourth-order valence-corrected chi connectivity index (χ4v) is 4.50. The molecule has 3 rings (SSSR count). The molecule has 1 saturated heterocycles. The van der Waals surface area contributed by atoms with Crippen LogP contribution in [0.5, 0.6) is 0 Å². The van der Waals surface area contributed by atoms with E-state index in [1.165, 1.54) is 0 Å². The fraction of sp³-hybridized carbons (Fsp3) is 0.400. The minimum Gasteiger partial charge on any atom is -0.461 e. The summed E-state index contributed by atoms with van der Waals surface area (Å²) in [6, 6.07) is 7.37. The molecule has 1 aromatic heterocycles. The average molecular weight is 342 g/mol. The second-order valence-electron chi connectivity index (χ2n) is 5.55. The molecule has 1 fully saturated rings. The molecule has 0 spiro atoms. The first-order chi connectivity index (χ1) is 10.5. The van der Waals surface area contributed by atoms with Crippen molar-refractivity contribution in [1.82, 2.24) is 4.98 Å². The number of esters is 1. The Kier molecular flexibility index (Phi) is 4.14. The van der Waals surface area contributed by atoms with Gasteiger partial charge in [0.05, 0.1) is 23.1 Å². The van der Waals surface area contributed by atoms with Gasteiger partial charge in [-0.3, -0.25) is 0 Å². The number of benzene rings is 1. The molecule has 0 aliphatic carbocycles. The molecule has 2 aromatic rings. The van der Waals surface area contributed by atoms with E-state index in [4.69, 9.17) is 16.3 Å². The van der Waals surface area contributed by atoms with E-state index in [0.717, 1.165) is 10.9 Å². The highest BCUT2D eigenvalue weighted by atomic mass is 35.5. The van der Waals surface area contributed by atoms with E-state index in [-0.39, 0.29) is 29.7 Å². The monoisotopic (exact) mass is 341 g/mol. The van der Waals surface area contributed by atoms with Crippen LogP contribution in [0.2, 0.25) is 5.02 Å². The van der Waals surface area contributed by atoms with Gasteiger partial charge in [0.1, 0.15) is 15.5 Å². The Morgan fingerprint density at radius 3 is 2.64 bits per heavy atom. The zero-order valence-corrected chi connectivity index (χ0v) is 13.4. The number of hydrogen-bond acceptors (Lipinski definition) is 4. The number of hydrogen-bond donors (Lipinski definition) is 1. The third-order valence-electron chi connectivity index (χ3n) is 3.97. The molecule has 0 atom stereocenters. The maximum atomic E-state index is 12.1. The van der Waals surface area contributed by atoms with Gasteiger partial charge in [-0.2, -0.15) is 0 Å². The van der Waals surface area contributed by atoms with Gasteiger partial charge in [0.15, 0.2) is 0 Å². The maximum absolute atomic E-state index is 12.1. The summed E-state index contributed by atoms with van der Waals surface area (Å²) in [7, 11) is -2.90. The van der Waals surface area contributed by atoms with Crippen LogP contribution in [0, 0.1) is 5.92 Å². The van der Waals surface area contributed by atoms with Crippen molar-refractivity contribution in [3.05, 3.63) is 35.0 Å². The van der Waals surface area contributed by atoms with Crippen molar-refractivity contribution >= 4 is 38.3 Å². The van der Waals surface area contributed by atoms with Gasteiger partial charge in [-0.05, 0) is 24.8 Å². The summed E-state index contributed by atoms with van der Waals surface area (Å²) < 4.78 is 28.0. The molecular weight excluding hydrogens is 326 g/mol. The van der Waals surface area contributed by atoms with Crippen LogP contribution in [0.3, 0.4) is 0 Å². The Labute approximate surface area is 133 Å². The number of aromatic amines is 1. The minimum atomic E-state index is -2.90. The SMILES string of the molecule is O=C(OCC1CCS(=O)(=O)CC1)c1[nH]c2ccccc2c1Cl. The predicted molar refractivity (Wildman–Crippen MR) is 85.0 cm³/mol. The molecule has 1 aliphatic rings. The third-order valence-corrected chi connectivity index (χ3v) is 6.08. The van der Waals surface area contributed by atoms with E-state index in [0.29, 0.717) is 17.9 Å². The van der Waals surface area contributed by atoms with Gasteiger partial charge in [0.25, 0.3) is 0 Å².